The van der Waals surface area contributed by atoms with Crippen LogP contribution in [0.25, 0.3) is 0 Å². The Kier molecular flexibility index (Phi) is 5.21. The molecule has 1 aromatic carbocycles. The maximum absolute atomic E-state index is 5.61. The molecule has 2 rings (SSSR count). The van der Waals surface area contributed by atoms with Crippen LogP contribution in [0, 0.1) is 5.92 Å². The highest BCUT2D eigenvalue weighted by molar-refractivity contribution is 9.10. The smallest absolute Gasteiger partial charge is 0.162 e. The summed E-state index contributed by atoms with van der Waals surface area (Å²) in [6, 6.07) is 4.06. The van der Waals surface area contributed by atoms with Crippen molar-refractivity contribution in [3.05, 3.63) is 22.2 Å². The fourth-order valence-corrected chi connectivity index (χ4v) is 3.42. The first-order chi connectivity index (χ1) is 8.70. The Balaban J connectivity index is 2.00. The third-order valence-electron chi connectivity index (χ3n) is 2.77. The van der Waals surface area contributed by atoms with E-state index in [-0.39, 0.29) is 0 Å². The monoisotopic (exact) mass is 331 g/mol. The normalized spacial score (nSPS) is 15.5. The van der Waals surface area contributed by atoms with Crippen LogP contribution in [-0.4, -0.2) is 25.5 Å². The zero-order chi connectivity index (χ0) is 13.0. The Hall–Kier alpha value is -0.390. The van der Waals surface area contributed by atoms with Crippen LogP contribution >= 0.6 is 27.7 Å². The lowest BCUT2D eigenvalue weighted by Crippen LogP contribution is -2.15. The first kappa shape index (κ1) is 14.0. The highest BCUT2D eigenvalue weighted by Gasteiger charge is 2.14. The van der Waals surface area contributed by atoms with Crippen molar-refractivity contribution in [3.8, 4) is 11.5 Å². The Morgan fingerprint density at radius 1 is 1.33 bits per heavy atom. The van der Waals surface area contributed by atoms with E-state index in [0.717, 1.165) is 34.0 Å². The van der Waals surface area contributed by atoms with Crippen molar-refractivity contribution in [2.24, 2.45) is 11.7 Å². The predicted molar refractivity (Wildman–Crippen MR) is 79.5 cm³/mol. The van der Waals surface area contributed by atoms with Gasteiger partial charge in [0.05, 0.1) is 0 Å². The zero-order valence-electron chi connectivity index (χ0n) is 10.4. The number of ether oxygens (including phenoxy) is 2. The number of fused-ring (bicyclic) bond motifs is 1. The van der Waals surface area contributed by atoms with Gasteiger partial charge in [-0.05, 0) is 35.9 Å². The second-order valence-electron chi connectivity index (χ2n) is 4.44. The lowest BCUT2D eigenvalue weighted by atomic mass is 10.2. The highest BCUT2D eigenvalue weighted by atomic mass is 79.9. The van der Waals surface area contributed by atoms with Crippen LogP contribution in [0.1, 0.15) is 12.5 Å². The summed E-state index contributed by atoms with van der Waals surface area (Å²) in [4.78, 5) is 0. The van der Waals surface area contributed by atoms with Crippen molar-refractivity contribution in [2.75, 3.05) is 25.5 Å². The number of thioether (sulfide) groups is 1. The van der Waals surface area contributed by atoms with Gasteiger partial charge in [-0.15, -0.1) is 0 Å². The van der Waals surface area contributed by atoms with E-state index in [2.05, 4.69) is 28.9 Å². The quantitative estimate of drug-likeness (QED) is 0.900. The van der Waals surface area contributed by atoms with Gasteiger partial charge in [0.2, 0.25) is 0 Å². The molecule has 5 heteroatoms. The zero-order valence-corrected chi connectivity index (χ0v) is 12.9. The molecule has 1 heterocycles. The van der Waals surface area contributed by atoms with E-state index in [4.69, 9.17) is 15.2 Å². The van der Waals surface area contributed by atoms with Crippen molar-refractivity contribution in [3.63, 3.8) is 0 Å². The summed E-state index contributed by atoms with van der Waals surface area (Å²) in [7, 11) is 0. The molecular formula is C13H18BrNO2S. The molecule has 0 amide bonds. The molecule has 3 nitrogen and oxygen atoms in total. The van der Waals surface area contributed by atoms with Crippen LogP contribution in [0.4, 0.5) is 0 Å². The maximum atomic E-state index is 5.61. The van der Waals surface area contributed by atoms with Gasteiger partial charge >= 0.3 is 0 Å². The molecule has 1 aromatic rings. The molecule has 0 spiro atoms. The molecule has 0 saturated carbocycles. The SMILES string of the molecule is CC(CN)CSCc1cc2c(cc1Br)OCCO2. The van der Waals surface area contributed by atoms with Gasteiger partial charge in [-0.2, -0.15) is 11.8 Å². The second-order valence-corrected chi connectivity index (χ2v) is 6.33. The molecule has 0 fully saturated rings. The van der Waals surface area contributed by atoms with Gasteiger partial charge in [0.25, 0.3) is 0 Å². The summed E-state index contributed by atoms with van der Waals surface area (Å²) < 4.78 is 12.2. The number of halogens is 1. The van der Waals surface area contributed by atoms with E-state index in [9.17, 15) is 0 Å². The van der Waals surface area contributed by atoms with Crippen molar-refractivity contribution in [1.29, 1.82) is 0 Å². The average molecular weight is 332 g/mol. The van der Waals surface area contributed by atoms with E-state index < -0.39 is 0 Å². The highest BCUT2D eigenvalue weighted by Crippen LogP contribution is 2.36. The van der Waals surface area contributed by atoms with E-state index in [1.807, 2.05) is 17.8 Å². The van der Waals surface area contributed by atoms with E-state index in [1.165, 1.54) is 5.56 Å². The minimum atomic E-state index is 0.561. The van der Waals surface area contributed by atoms with Gasteiger partial charge in [-0.25, -0.2) is 0 Å². The Labute approximate surface area is 121 Å². The Morgan fingerprint density at radius 3 is 2.67 bits per heavy atom. The van der Waals surface area contributed by atoms with Crippen molar-refractivity contribution < 1.29 is 9.47 Å². The molecule has 0 saturated heterocycles. The average Bonchev–Trinajstić information content (AvgIpc) is 2.39. The predicted octanol–water partition coefficient (Wildman–Crippen LogP) is 3.05. The molecule has 18 heavy (non-hydrogen) atoms. The Bertz CT molecular complexity index is 414. The number of nitrogens with two attached hydrogens (primary N) is 1. The fourth-order valence-electron chi connectivity index (χ4n) is 1.65. The molecule has 0 aliphatic carbocycles. The van der Waals surface area contributed by atoms with Crippen LogP contribution < -0.4 is 15.2 Å². The lowest BCUT2D eigenvalue weighted by molar-refractivity contribution is 0.171. The summed E-state index contributed by atoms with van der Waals surface area (Å²) in [5.74, 6) is 4.29. The van der Waals surface area contributed by atoms with Gasteiger partial charge in [0.1, 0.15) is 13.2 Å². The molecular weight excluding hydrogens is 314 g/mol. The van der Waals surface area contributed by atoms with Crippen LogP contribution in [0.5, 0.6) is 11.5 Å². The largest absolute Gasteiger partial charge is 0.486 e. The van der Waals surface area contributed by atoms with Crippen LogP contribution in [0.3, 0.4) is 0 Å². The molecule has 1 aliphatic rings. The van der Waals surface area contributed by atoms with Gasteiger partial charge in [0, 0.05) is 10.2 Å². The number of hydrogen-bond donors (Lipinski definition) is 1. The third kappa shape index (κ3) is 3.56. The van der Waals surface area contributed by atoms with Crippen molar-refractivity contribution >= 4 is 27.7 Å². The van der Waals surface area contributed by atoms with E-state index >= 15 is 0 Å². The van der Waals surface area contributed by atoms with Crippen LogP contribution in [0.15, 0.2) is 16.6 Å². The summed E-state index contributed by atoms with van der Waals surface area (Å²) in [5.41, 5.74) is 6.86. The van der Waals surface area contributed by atoms with Crippen LogP contribution in [0.2, 0.25) is 0 Å². The van der Waals surface area contributed by atoms with Crippen molar-refractivity contribution in [1.82, 2.24) is 0 Å². The van der Waals surface area contributed by atoms with E-state index in [1.54, 1.807) is 0 Å². The second kappa shape index (κ2) is 6.68. The molecule has 0 bridgehead atoms. The van der Waals surface area contributed by atoms with Gasteiger partial charge in [-0.3, -0.25) is 0 Å². The minimum Gasteiger partial charge on any atom is -0.486 e. The third-order valence-corrected chi connectivity index (χ3v) is 4.83. The molecule has 1 aliphatic heterocycles. The first-order valence-corrected chi connectivity index (χ1v) is 8.01. The first-order valence-electron chi connectivity index (χ1n) is 6.06. The Morgan fingerprint density at radius 2 is 2.00 bits per heavy atom. The van der Waals surface area contributed by atoms with E-state index in [0.29, 0.717) is 19.1 Å². The van der Waals surface area contributed by atoms with Crippen molar-refractivity contribution in [2.45, 2.75) is 12.7 Å². The fraction of sp³-hybridized carbons (Fsp3) is 0.538. The molecule has 100 valence electrons. The molecule has 0 aromatic heterocycles. The standard InChI is InChI=1S/C13H18BrNO2S/c1-9(6-15)7-18-8-10-4-12-13(5-11(10)14)17-3-2-16-12/h4-5,9H,2-3,6-8,15H2,1H3. The number of benzene rings is 1. The summed E-state index contributed by atoms with van der Waals surface area (Å²) in [6.07, 6.45) is 0. The number of rotatable bonds is 5. The maximum Gasteiger partial charge on any atom is 0.162 e. The molecule has 1 unspecified atom stereocenters. The molecule has 1 atom stereocenters. The topological polar surface area (TPSA) is 44.5 Å². The minimum absolute atomic E-state index is 0.561. The summed E-state index contributed by atoms with van der Waals surface area (Å²) in [6.45, 7) is 4.17. The van der Waals surface area contributed by atoms with Gasteiger partial charge in [-0.1, -0.05) is 22.9 Å². The summed E-state index contributed by atoms with van der Waals surface area (Å²) in [5, 5.41) is 0. The molecule has 2 N–H and O–H groups in total. The van der Waals surface area contributed by atoms with Gasteiger partial charge < -0.3 is 15.2 Å². The van der Waals surface area contributed by atoms with Crippen LogP contribution in [-0.2, 0) is 5.75 Å². The molecule has 0 radical (unpaired) electrons. The summed E-state index contributed by atoms with van der Waals surface area (Å²) >= 11 is 5.48. The lowest BCUT2D eigenvalue weighted by Gasteiger charge is -2.20. The number of hydrogen-bond acceptors (Lipinski definition) is 4. The van der Waals surface area contributed by atoms with Gasteiger partial charge in [0.15, 0.2) is 11.5 Å².